The lowest BCUT2D eigenvalue weighted by Crippen LogP contribution is -2.59. The fourth-order valence-corrected chi connectivity index (χ4v) is 5.87. The molecule has 0 radical (unpaired) electrons. The Balaban J connectivity index is 1.46. The Kier molecular flexibility index (Phi) is 10.7. The molecular formula is C36H44FN7O4. The van der Waals surface area contributed by atoms with Crippen molar-refractivity contribution in [2.75, 3.05) is 26.7 Å². The van der Waals surface area contributed by atoms with Gasteiger partial charge in [0.25, 0.3) is 5.91 Å². The van der Waals surface area contributed by atoms with Crippen LogP contribution in [0.4, 0.5) is 4.39 Å². The standard InChI is InChI=1S/C36H44FN7O4/c1-24(38-5)33(45)41-32(36(2,3)4)35(47)44-22-29(48-28-13-16-39-17-14-28)20-27(44)21-43(19-15-25-9-11-26(37)12-10-25)34(46)30-23-42-18-7-6-8-31(42)40-30/h6-14,16-18,23-24,27,29,32,38H,15,19-22H2,1-5H3,(H,41,45). The lowest BCUT2D eigenvalue weighted by atomic mass is 9.85. The third kappa shape index (κ3) is 8.35. The van der Waals surface area contributed by atoms with Gasteiger partial charge >= 0.3 is 0 Å². The second-order valence-electron chi connectivity index (χ2n) is 13.3. The molecule has 11 nitrogen and oxygen atoms in total. The number of aromatic nitrogens is 3. The summed E-state index contributed by atoms with van der Waals surface area (Å²) in [5.74, 6) is -0.519. The normalized spacial score (nSPS) is 17.6. The highest BCUT2D eigenvalue weighted by atomic mass is 19.1. The number of likely N-dealkylation sites (N-methyl/N-ethyl adjacent to an activating group) is 1. The van der Waals surface area contributed by atoms with Crippen molar-refractivity contribution in [2.45, 2.75) is 64.8 Å². The van der Waals surface area contributed by atoms with Gasteiger partial charge in [0.05, 0.1) is 18.6 Å². The average Bonchev–Trinajstić information content (AvgIpc) is 3.69. The van der Waals surface area contributed by atoms with E-state index in [4.69, 9.17) is 4.74 Å². The molecule has 0 saturated carbocycles. The van der Waals surface area contributed by atoms with Crippen LogP contribution in [-0.4, -0.2) is 92.8 Å². The number of ether oxygens (including phenoxy) is 1. The highest BCUT2D eigenvalue weighted by Gasteiger charge is 2.44. The highest BCUT2D eigenvalue weighted by Crippen LogP contribution is 2.29. The van der Waals surface area contributed by atoms with Crippen molar-refractivity contribution < 1.29 is 23.5 Å². The van der Waals surface area contributed by atoms with E-state index in [1.165, 1.54) is 12.1 Å². The van der Waals surface area contributed by atoms with Gasteiger partial charge in [0.2, 0.25) is 11.8 Å². The summed E-state index contributed by atoms with van der Waals surface area (Å²) >= 11 is 0. The van der Waals surface area contributed by atoms with Crippen LogP contribution in [0.25, 0.3) is 5.65 Å². The second-order valence-corrected chi connectivity index (χ2v) is 13.3. The zero-order valence-corrected chi connectivity index (χ0v) is 28.1. The van der Waals surface area contributed by atoms with Crippen LogP contribution in [0.2, 0.25) is 0 Å². The maximum atomic E-state index is 14.5. The van der Waals surface area contributed by atoms with Crippen molar-refractivity contribution in [1.29, 1.82) is 0 Å². The summed E-state index contributed by atoms with van der Waals surface area (Å²) in [6.45, 7) is 8.26. The lowest BCUT2D eigenvalue weighted by Gasteiger charge is -2.37. The average molecular weight is 658 g/mol. The van der Waals surface area contributed by atoms with Crippen molar-refractivity contribution in [2.24, 2.45) is 5.41 Å². The molecule has 2 N–H and O–H groups in total. The number of fused-ring (bicyclic) bond motifs is 1. The molecule has 3 amide bonds. The Labute approximate surface area is 280 Å². The van der Waals surface area contributed by atoms with Crippen molar-refractivity contribution in [3.8, 4) is 5.75 Å². The maximum Gasteiger partial charge on any atom is 0.274 e. The van der Waals surface area contributed by atoms with Gasteiger partial charge in [-0.3, -0.25) is 19.4 Å². The number of carbonyl (C=O) groups excluding carboxylic acids is 3. The van der Waals surface area contributed by atoms with Crippen LogP contribution in [0, 0.1) is 11.2 Å². The Morgan fingerprint density at radius 2 is 1.81 bits per heavy atom. The molecule has 5 rings (SSSR count). The van der Waals surface area contributed by atoms with Crippen molar-refractivity contribution >= 4 is 23.4 Å². The molecule has 1 saturated heterocycles. The van der Waals surface area contributed by atoms with E-state index >= 15 is 0 Å². The van der Waals surface area contributed by atoms with E-state index in [-0.39, 0.29) is 48.4 Å². The molecule has 1 aliphatic rings. The van der Waals surface area contributed by atoms with Crippen molar-refractivity contribution in [1.82, 2.24) is 34.8 Å². The summed E-state index contributed by atoms with van der Waals surface area (Å²) < 4.78 is 21.8. The fraction of sp³-hybridized carbons (Fsp3) is 0.417. The molecule has 1 aliphatic heterocycles. The molecule has 0 aliphatic carbocycles. The van der Waals surface area contributed by atoms with Gasteiger partial charge in [0.1, 0.15) is 35.1 Å². The van der Waals surface area contributed by atoms with Crippen LogP contribution in [0.15, 0.2) is 79.4 Å². The molecule has 4 atom stereocenters. The molecule has 4 heterocycles. The summed E-state index contributed by atoms with van der Waals surface area (Å²) in [6.07, 6.45) is 7.38. The molecule has 1 fully saturated rings. The van der Waals surface area contributed by atoms with Crippen LogP contribution in [-0.2, 0) is 16.0 Å². The Morgan fingerprint density at radius 1 is 1.08 bits per heavy atom. The first-order chi connectivity index (χ1) is 22.9. The number of hydrogen-bond donors (Lipinski definition) is 2. The van der Waals surface area contributed by atoms with Gasteiger partial charge in [-0.15, -0.1) is 0 Å². The third-order valence-electron chi connectivity index (χ3n) is 8.72. The number of nitrogens with zero attached hydrogens (tertiary/aromatic N) is 5. The summed E-state index contributed by atoms with van der Waals surface area (Å²) in [4.78, 5) is 53.7. The topological polar surface area (TPSA) is 121 Å². The first-order valence-corrected chi connectivity index (χ1v) is 16.2. The number of nitrogens with one attached hydrogen (secondary N) is 2. The smallest absolute Gasteiger partial charge is 0.274 e. The minimum atomic E-state index is -0.829. The van der Waals surface area contributed by atoms with E-state index in [9.17, 15) is 18.8 Å². The minimum absolute atomic E-state index is 0.202. The van der Waals surface area contributed by atoms with Gasteiger partial charge in [-0.25, -0.2) is 9.37 Å². The number of halogens is 1. The zero-order valence-electron chi connectivity index (χ0n) is 28.1. The number of hydrogen-bond acceptors (Lipinski definition) is 7. The van der Waals surface area contributed by atoms with Gasteiger partial charge in [-0.1, -0.05) is 39.0 Å². The van der Waals surface area contributed by atoms with Gasteiger partial charge in [0, 0.05) is 44.3 Å². The summed E-state index contributed by atoms with van der Waals surface area (Å²) in [5, 5.41) is 5.90. The van der Waals surface area contributed by atoms with Crippen LogP contribution in [0.1, 0.15) is 50.2 Å². The maximum absolute atomic E-state index is 14.5. The van der Waals surface area contributed by atoms with E-state index in [0.717, 1.165) is 5.56 Å². The molecule has 0 bridgehead atoms. The van der Waals surface area contributed by atoms with E-state index in [1.807, 2.05) is 45.2 Å². The first kappa shape index (κ1) is 34.5. The summed E-state index contributed by atoms with van der Waals surface area (Å²) in [6, 6.07) is 13.5. The van der Waals surface area contributed by atoms with Crippen molar-refractivity contribution in [3.05, 3.63) is 96.5 Å². The number of pyridine rings is 2. The van der Waals surface area contributed by atoms with E-state index in [2.05, 4.69) is 20.6 Å². The SMILES string of the molecule is CNC(C)C(=O)NC(C(=O)N1CC(Oc2ccncc2)CC1CN(CCc1ccc(F)cc1)C(=O)c1cn2ccccc2n1)C(C)(C)C. The number of likely N-dealkylation sites (tertiary alicyclic amines) is 1. The summed E-state index contributed by atoms with van der Waals surface area (Å²) in [5.41, 5.74) is 1.18. The molecule has 254 valence electrons. The predicted octanol–water partition coefficient (Wildman–Crippen LogP) is 3.74. The van der Waals surface area contributed by atoms with Gasteiger partial charge in [-0.05, 0) is 67.8 Å². The molecule has 1 aromatic carbocycles. The van der Waals surface area contributed by atoms with Crippen LogP contribution < -0.4 is 15.4 Å². The highest BCUT2D eigenvalue weighted by molar-refractivity contribution is 5.93. The largest absolute Gasteiger partial charge is 0.488 e. The number of imidazole rings is 1. The van der Waals surface area contributed by atoms with Crippen LogP contribution >= 0.6 is 0 Å². The fourth-order valence-electron chi connectivity index (χ4n) is 5.87. The number of rotatable bonds is 12. The molecule has 4 unspecified atom stereocenters. The molecule has 3 aromatic heterocycles. The molecular weight excluding hydrogens is 613 g/mol. The Morgan fingerprint density at radius 3 is 2.48 bits per heavy atom. The molecule has 12 heteroatoms. The molecule has 48 heavy (non-hydrogen) atoms. The monoisotopic (exact) mass is 657 g/mol. The lowest BCUT2D eigenvalue weighted by molar-refractivity contribution is -0.141. The Hall–Kier alpha value is -4.84. The van der Waals surface area contributed by atoms with E-state index in [0.29, 0.717) is 30.8 Å². The quantitative estimate of drug-likeness (QED) is 0.238. The van der Waals surface area contributed by atoms with Crippen LogP contribution in [0.5, 0.6) is 5.75 Å². The number of carbonyl (C=O) groups is 3. The predicted molar refractivity (Wildman–Crippen MR) is 180 cm³/mol. The number of amides is 3. The van der Waals surface area contributed by atoms with E-state index in [1.54, 1.807) is 71.0 Å². The van der Waals surface area contributed by atoms with Gasteiger partial charge < -0.3 is 29.6 Å². The zero-order chi connectivity index (χ0) is 34.4. The first-order valence-electron chi connectivity index (χ1n) is 16.2. The molecule has 0 spiro atoms. The summed E-state index contributed by atoms with van der Waals surface area (Å²) in [7, 11) is 1.69. The van der Waals surface area contributed by atoms with Crippen molar-refractivity contribution in [3.63, 3.8) is 0 Å². The van der Waals surface area contributed by atoms with Gasteiger partial charge in [-0.2, -0.15) is 0 Å². The Bertz CT molecular complexity index is 1670. The van der Waals surface area contributed by atoms with Crippen LogP contribution in [0.3, 0.4) is 0 Å². The third-order valence-corrected chi connectivity index (χ3v) is 8.72. The second kappa shape index (κ2) is 14.9. The number of benzene rings is 1. The minimum Gasteiger partial charge on any atom is -0.488 e. The van der Waals surface area contributed by atoms with E-state index < -0.39 is 23.5 Å². The molecule has 4 aromatic rings. The van der Waals surface area contributed by atoms with Gasteiger partial charge in [0.15, 0.2) is 0 Å².